The van der Waals surface area contributed by atoms with Crippen LogP contribution in [0.5, 0.6) is 5.75 Å². The first-order chi connectivity index (χ1) is 13.2. The summed E-state index contributed by atoms with van der Waals surface area (Å²) < 4.78 is 5.65. The van der Waals surface area contributed by atoms with Gasteiger partial charge in [0.1, 0.15) is 12.4 Å². The van der Waals surface area contributed by atoms with Crippen molar-refractivity contribution >= 4 is 35.8 Å². The van der Waals surface area contributed by atoms with Crippen LogP contribution in [0.25, 0.3) is 0 Å². The Hall–Kier alpha value is -1.62. The summed E-state index contributed by atoms with van der Waals surface area (Å²) in [4.78, 5) is 25.1. The van der Waals surface area contributed by atoms with Crippen LogP contribution < -0.4 is 15.4 Å². The van der Waals surface area contributed by atoms with Gasteiger partial charge in [0.05, 0.1) is 19.3 Å². The highest BCUT2D eigenvalue weighted by atomic mass is 127. The van der Waals surface area contributed by atoms with Gasteiger partial charge in [-0.1, -0.05) is 0 Å². The van der Waals surface area contributed by atoms with Crippen molar-refractivity contribution < 1.29 is 9.53 Å². The van der Waals surface area contributed by atoms with E-state index in [1.54, 1.807) is 12.4 Å². The first-order valence-corrected chi connectivity index (χ1v) is 9.82. The second kappa shape index (κ2) is 12.1. The summed E-state index contributed by atoms with van der Waals surface area (Å²) in [7, 11) is 0. The Bertz CT molecular complexity index is 618. The number of carbonyl (C=O) groups excluding carboxylic acids is 1. The van der Waals surface area contributed by atoms with Gasteiger partial charge in [0, 0.05) is 45.0 Å². The SMILES string of the molecule is CCNC(=NCCOc1cccnc1)N1CCN(CC(=O)NC2CC2)CC1.I. The zero-order valence-electron chi connectivity index (χ0n) is 16.5. The predicted molar refractivity (Wildman–Crippen MR) is 120 cm³/mol. The minimum atomic E-state index is 0. The van der Waals surface area contributed by atoms with E-state index in [2.05, 4.69) is 37.3 Å². The highest BCUT2D eigenvalue weighted by molar-refractivity contribution is 14.0. The first kappa shape index (κ1) is 22.7. The van der Waals surface area contributed by atoms with Gasteiger partial charge in [0.25, 0.3) is 0 Å². The van der Waals surface area contributed by atoms with Crippen LogP contribution in [0.4, 0.5) is 0 Å². The van der Waals surface area contributed by atoms with Gasteiger partial charge in [-0.2, -0.15) is 0 Å². The van der Waals surface area contributed by atoms with Crippen molar-refractivity contribution in [2.24, 2.45) is 4.99 Å². The molecule has 2 aliphatic rings. The zero-order valence-corrected chi connectivity index (χ0v) is 18.8. The summed E-state index contributed by atoms with van der Waals surface area (Å²) in [6, 6.07) is 4.17. The standard InChI is InChI=1S/C19H30N6O2.HI/c1-2-21-19(22-8-13-27-17-4-3-7-20-14-17)25-11-9-24(10-12-25)15-18(26)23-16-5-6-16;/h3-4,7,14,16H,2,5-6,8-13,15H2,1H3,(H,21,22)(H,23,26);1H. The molecule has 1 aromatic heterocycles. The number of halogens is 1. The number of rotatable bonds is 8. The number of aromatic nitrogens is 1. The van der Waals surface area contributed by atoms with Crippen LogP contribution in [-0.2, 0) is 4.79 Å². The Morgan fingerprint density at radius 1 is 1.32 bits per heavy atom. The third kappa shape index (κ3) is 7.78. The van der Waals surface area contributed by atoms with E-state index in [0.29, 0.717) is 25.7 Å². The molecule has 1 aromatic rings. The van der Waals surface area contributed by atoms with Gasteiger partial charge in [0.2, 0.25) is 5.91 Å². The summed E-state index contributed by atoms with van der Waals surface area (Å²) >= 11 is 0. The summed E-state index contributed by atoms with van der Waals surface area (Å²) in [6.45, 7) is 7.97. The van der Waals surface area contributed by atoms with Crippen LogP contribution in [0.3, 0.4) is 0 Å². The van der Waals surface area contributed by atoms with Gasteiger partial charge in [-0.05, 0) is 31.9 Å². The van der Waals surface area contributed by atoms with Gasteiger partial charge in [-0.25, -0.2) is 4.99 Å². The number of hydrogen-bond acceptors (Lipinski definition) is 5. The van der Waals surface area contributed by atoms with Gasteiger partial charge in [-0.15, -0.1) is 24.0 Å². The monoisotopic (exact) mass is 502 g/mol. The minimum Gasteiger partial charge on any atom is -0.490 e. The van der Waals surface area contributed by atoms with Crippen LogP contribution >= 0.6 is 24.0 Å². The van der Waals surface area contributed by atoms with Crippen LogP contribution in [0.2, 0.25) is 0 Å². The molecule has 9 heteroatoms. The van der Waals surface area contributed by atoms with Crippen molar-refractivity contribution in [2.45, 2.75) is 25.8 Å². The quantitative estimate of drug-likeness (QED) is 0.239. The van der Waals surface area contributed by atoms with Crippen LogP contribution in [0.1, 0.15) is 19.8 Å². The lowest BCUT2D eigenvalue weighted by atomic mass is 10.3. The molecule has 1 aliphatic heterocycles. The van der Waals surface area contributed by atoms with Gasteiger partial charge >= 0.3 is 0 Å². The van der Waals surface area contributed by atoms with E-state index >= 15 is 0 Å². The fourth-order valence-corrected chi connectivity index (χ4v) is 3.00. The van der Waals surface area contributed by atoms with E-state index in [1.165, 1.54) is 0 Å². The minimum absolute atomic E-state index is 0. The van der Waals surface area contributed by atoms with Crippen molar-refractivity contribution in [3.8, 4) is 5.75 Å². The number of carbonyl (C=O) groups is 1. The molecule has 1 saturated carbocycles. The Kier molecular flexibility index (Phi) is 9.76. The first-order valence-electron chi connectivity index (χ1n) is 9.82. The maximum absolute atomic E-state index is 12.0. The van der Waals surface area contributed by atoms with Crippen molar-refractivity contribution in [2.75, 3.05) is 52.4 Å². The highest BCUT2D eigenvalue weighted by Gasteiger charge is 2.25. The maximum atomic E-state index is 12.0. The summed E-state index contributed by atoms with van der Waals surface area (Å²) in [5, 5.41) is 6.41. The summed E-state index contributed by atoms with van der Waals surface area (Å²) in [5.41, 5.74) is 0. The number of ether oxygens (including phenoxy) is 1. The number of guanidine groups is 1. The molecule has 2 N–H and O–H groups in total. The van der Waals surface area contributed by atoms with Gasteiger partial charge in [0.15, 0.2) is 5.96 Å². The normalized spacial score (nSPS) is 17.6. The molecule has 0 spiro atoms. The fraction of sp³-hybridized carbons (Fsp3) is 0.632. The highest BCUT2D eigenvalue weighted by Crippen LogP contribution is 2.18. The molecule has 0 aromatic carbocycles. The fourth-order valence-electron chi connectivity index (χ4n) is 3.00. The largest absolute Gasteiger partial charge is 0.490 e. The number of nitrogens with zero attached hydrogens (tertiary/aromatic N) is 4. The molecule has 1 saturated heterocycles. The predicted octanol–water partition coefficient (Wildman–Crippen LogP) is 0.940. The molecule has 8 nitrogen and oxygen atoms in total. The topological polar surface area (TPSA) is 82.1 Å². The molecule has 3 rings (SSSR count). The van der Waals surface area contributed by atoms with E-state index < -0.39 is 0 Å². The molecule has 1 amide bonds. The van der Waals surface area contributed by atoms with E-state index in [9.17, 15) is 4.79 Å². The Morgan fingerprint density at radius 3 is 2.75 bits per heavy atom. The van der Waals surface area contributed by atoms with Crippen LogP contribution in [0.15, 0.2) is 29.5 Å². The van der Waals surface area contributed by atoms with Crippen molar-refractivity contribution in [3.63, 3.8) is 0 Å². The second-order valence-corrected chi connectivity index (χ2v) is 6.88. The van der Waals surface area contributed by atoms with E-state index in [-0.39, 0.29) is 29.9 Å². The average molecular weight is 502 g/mol. The number of aliphatic imine (C=N–C) groups is 1. The van der Waals surface area contributed by atoms with Crippen molar-refractivity contribution in [1.82, 2.24) is 25.4 Å². The molecule has 0 atom stereocenters. The lowest BCUT2D eigenvalue weighted by molar-refractivity contribution is -0.122. The van der Waals surface area contributed by atoms with Crippen molar-refractivity contribution in [3.05, 3.63) is 24.5 Å². The molecule has 0 bridgehead atoms. The summed E-state index contributed by atoms with van der Waals surface area (Å²) in [5.74, 6) is 1.82. The molecular weight excluding hydrogens is 471 g/mol. The van der Waals surface area contributed by atoms with E-state index in [4.69, 9.17) is 4.74 Å². The third-order valence-corrected chi connectivity index (χ3v) is 4.57. The van der Waals surface area contributed by atoms with Gasteiger partial charge < -0.3 is 20.3 Å². The molecule has 1 aliphatic carbocycles. The number of piperazine rings is 1. The van der Waals surface area contributed by atoms with E-state index in [0.717, 1.165) is 57.3 Å². The van der Waals surface area contributed by atoms with E-state index in [1.807, 2.05) is 12.1 Å². The van der Waals surface area contributed by atoms with Crippen LogP contribution in [0, 0.1) is 0 Å². The Morgan fingerprint density at radius 2 is 2.11 bits per heavy atom. The lowest BCUT2D eigenvalue weighted by Gasteiger charge is -2.36. The number of nitrogens with one attached hydrogen (secondary N) is 2. The number of pyridine rings is 1. The summed E-state index contributed by atoms with van der Waals surface area (Å²) in [6.07, 6.45) is 5.69. The van der Waals surface area contributed by atoms with Crippen molar-refractivity contribution in [1.29, 1.82) is 0 Å². The smallest absolute Gasteiger partial charge is 0.234 e. The maximum Gasteiger partial charge on any atom is 0.234 e. The molecule has 2 fully saturated rings. The molecule has 0 radical (unpaired) electrons. The lowest BCUT2D eigenvalue weighted by Crippen LogP contribution is -2.54. The molecule has 0 unspecified atom stereocenters. The Balaban J connectivity index is 0.00000280. The third-order valence-electron chi connectivity index (χ3n) is 4.57. The average Bonchev–Trinajstić information content (AvgIpc) is 3.49. The molecule has 156 valence electrons. The molecule has 28 heavy (non-hydrogen) atoms. The molecule has 2 heterocycles. The number of amides is 1. The Labute approximate surface area is 184 Å². The zero-order chi connectivity index (χ0) is 18.9. The van der Waals surface area contributed by atoms with Crippen LogP contribution in [-0.4, -0.2) is 85.1 Å². The van der Waals surface area contributed by atoms with Gasteiger partial charge in [-0.3, -0.25) is 14.7 Å². The second-order valence-electron chi connectivity index (χ2n) is 6.88. The number of hydrogen-bond donors (Lipinski definition) is 2. The molecular formula is C19H31IN6O2.